The molecule has 0 radical (unpaired) electrons. The third kappa shape index (κ3) is 6.50. The maximum absolute atomic E-state index is 12.9. The molecule has 2 unspecified atom stereocenters. The van der Waals surface area contributed by atoms with Crippen LogP contribution in [-0.2, 0) is 9.59 Å². The first-order valence-corrected chi connectivity index (χ1v) is 12.1. The molecular formula is C26H30BrNO3. The van der Waals surface area contributed by atoms with Crippen LogP contribution < -0.4 is 10.1 Å². The molecule has 1 N–H and O–H groups in total. The average Bonchev–Trinajstić information content (AvgIpc) is 3.53. The first kappa shape index (κ1) is 22.2. The van der Waals surface area contributed by atoms with E-state index in [0.29, 0.717) is 50.0 Å². The van der Waals surface area contributed by atoms with Gasteiger partial charge in [0.1, 0.15) is 17.3 Å². The molecule has 5 heteroatoms. The second-order valence-electron chi connectivity index (χ2n) is 8.82. The normalized spacial score (nSPS) is 26.2. The summed E-state index contributed by atoms with van der Waals surface area (Å²) < 4.78 is 6.81. The molecule has 4 nitrogen and oxygen atoms in total. The molecule has 0 aromatic heterocycles. The van der Waals surface area contributed by atoms with Gasteiger partial charge in [0.05, 0.1) is 6.61 Å². The summed E-state index contributed by atoms with van der Waals surface area (Å²) in [6.45, 7) is 0.585. The smallest absolute Gasteiger partial charge is 0.137 e. The van der Waals surface area contributed by atoms with Crippen molar-refractivity contribution in [2.24, 2.45) is 5.92 Å². The minimum absolute atomic E-state index is 0.0273. The third-order valence-electron chi connectivity index (χ3n) is 6.40. The Bertz CT molecular complexity index is 883. The molecule has 0 spiro atoms. The van der Waals surface area contributed by atoms with Crippen LogP contribution in [0.3, 0.4) is 0 Å². The van der Waals surface area contributed by atoms with Crippen molar-refractivity contribution in [1.82, 2.24) is 5.32 Å². The Hall–Kier alpha value is -1.98. The Labute approximate surface area is 192 Å². The molecule has 4 rings (SSSR count). The van der Waals surface area contributed by atoms with E-state index in [-0.39, 0.29) is 17.7 Å². The monoisotopic (exact) mass is 483 g/mol. The van der Waals surface area contributed by atoms with Crippen LogP contribution in [0.5, 0.6) is 5.75 Å². The van der Waals surface area contributed by atoms with E-state index >= 15 is 0 Å². The van der Waals surface area contributed by atoms with Gasteiger partial charge < -0.3 is 10.1 Å². The van der Waals surface area contributed by atoms with Crippen LogP contribution in [0.4, 0.5) is 0 Å². The van der Waals surface area contributed by atoms with Crippen molar-refractivity contribution in [3.05, 3.63) is 64.6 Å². The fourth-order valence-electron chi connectivity index (χ4n) is 4.58. The van der Waals surface area contributed by atoms with E-state index in [9.17, 15) is 9.59 Å². The maximum Gasteiger partial charge on any atom is 0.137 e. The fraction of sp³-hybridized carbons (Fsp3) is 0.462. The lowest BCUT2D eigenvalue weighted by atomic mass is 9.84. The van der Waals surface area contributed by atoms with E-state index < -0.39 is 0 Å². The molecular weight excluding hydrogens is 454 g/mol. The van der Waals surface area contributed by atoms with Gasteiger partial charge in [-0.25, -0.2) is 0 Å². The average molecular weight is 484 g/mol. The molecule has 31 heavy (non-hydrogen) atoms. The second kappa shape index (κ2) is 10.6. The van der Waals surface area contributed by atoms with Crippen molar-refractivity contribution in [3.63, 3.8) is 0 Å². The maximum atomic E-state index is 12.9. The van der Waals surface area contributed by atoms with Crippen molar-refractivity contribution >= 4 is 27.5 Å². The van der Waals surface area contributed by atoms with Crippen LogP contribution in [-0.4, -0.2) is 30.3 Å². The van der Waals surface area contributed by atoms with E-state index in [0.717, 1.165) is 29.5 Å². The first-order valence-electron chi connectivity index (χ1n) is 11.3. The molecule has 2 aromatic carbocycles. The van der Waals surface area contributed by atoms with Crippen LogP contribution in [0.2, 0.25) is 0 Å². The molecule has 2 fully saturated rings. The largest absolute Gasteiger partial charge is 0.494 e. The Morgan fingerprint density at radius 1 is 1.00 bits per heavy atom. The van der Waals surface area contributed by atoms with Gasteiger partial charge in [-0.15, -0.1) is 0 Å². The molecule has 0 bridgehead atoms. The highest BCUT2D eigenvalue weighted by Crippen LogP contribution is 2.41. The van der Waals surface area contributed by atoms with Gasteiger partial charge in [-0.05, 0) is 55.5 Å². The predicted octanol–water partition coefficient (Wildman–Crippen LogP) is 5.45. The molecule has 164 valence electrons. The number of rotatable bonds is 8. The van der Waals surface area contributed by atoms with Crippen LogP contribution in [0.25, 0.3) is 0 Å². The van der Waals surface area contributed by atoms with Gasteiger partial charge in [-0.1, -0.05) is 46.3 Å². The Kier molecular flexibility index (Phi) is 7.57. The van der Waals surface area contributed by atoms with Crippen molar-refractivity contribution in [2.75, 3.05) is 6.61 Å². The third-order valence-corrected chi connectivity index (χ3v) is 6.92. The van der Waals surface area contributed by atoms with Crippen molar-refractivity contribution in [3.8, 4) is 5.75 Å². The minimum atomic E-state index is -0.0359. The summed E-state index contributed by atoms with van der Waals surface area (Å²) in [6.07, 6.45) is 4.81. The number of nitrogens with one attached hydrogen (secondary N) is 1. The Morgan fingerprint density at radius 2 is 1.77 bits per heavy atom. The number of Topliss-reactive ketones (excluding diaryl/α,β-unsaturated/α-hetero) is 2. The lowest BCUT2D eigenvalue weighted by Gasteiger charge is -2.24. The van der Waals surface area contributed by atoms with E-state index in [2.05, 4.69) is 45.5 Å². The van der Waals surface area contributed by atoms with E-state index in [1.807, 2.05) is 30.3 Å². The summed E-state index contributed by atoms with van der Waals surface area (Å²) in [5.74, 6) is 1.88. The highest BCUT2D eigenvalue weighted by atomic mass is 79.9. The van der Waals surface area contributed by atoms with E-state index in [1.54, 1.807) is 0 Å². The first-order chi connectivity index (χ1) is 15.1. The van der Waals surface area contributed by atoms with Gasteiger partial charge in [-0.3, -0.25) is 9.59 Å². The van der Waals surface area contributed by atoms with Crippen LogP contribution in [0.1, 0.15) is 56.4 Å². The fourth-order valence-corrected chi connectivity index (χ4v) is 4.84. The van der Waals surface area contributed by atoms with Gasteiger partial charge in [0, 0.05) is 47.7 Å². The van der Waals surface area contributed by atoms with Crippen LogP contribution >= 0.6 is 15.9 Å². The molecule has 2 aromatic rings. The number of carbonyl (C=O) groups excluding carboxylic acids is 2. The molecule has 2 aliphatic rings. The number of hydrogen-bond acceptors (Lipinski definition) is 4. The zero-order chi connectivity index (χ0) is 21.6. The lowest BCUT2D eigenvalue weighted by Crippen LogP contribution is -2.38. The Morgan fingerprint density at radius 3 is 2.55 bits per heavy atom. The van der Waals surface area contributed by atoms with Crippen molar-refractivity contribution in [1.29, 1.82) is 0 Å². The number of hydrogen-bond donors (Lipinski definition) is 1. The summed E-state index contributed by atoms with van der Waals surface area (Å²) in [7, 11) is 0. The van der Waals surface area contributed by atoms with E-state index in [1.165, 1.54) is 5.56 Å². The Balaban J connectivity index is 1.24. The lowest BCUT2D eigenvalue weighted by molar-refractivity contribution is -0.126. The van der Waals surface area contributed by atoms with Crippen LogP contribution in [0.15, 0.2) is 59.1 Å². The molecule has 0 amide bonds. The summed E-state index contributed by atoms with van der Waals surface area (Å²) in [5, 5.41) is 3.61. The highest BCUT2D eigenvalue weighted by molar-refractivity contribution is 9.10. The van der Waals surface area contributed by atoms with Crippen molar-refractivity contribution in [2.45, 2.75) is 62.9 Å². The van der Waals surface area contributed by atoms with Gasteiger partial charge in [0.15, 0.2) is 0 Å². The van der Waals surface area contributed by atoms with Crippen molar-refractivity contribution < 1.29 is 14.3 Å². The standard InChI is InChI=1S/C26H30BrNO3/c27-20-9-12-23(13-10-20)31-14-4-7-19-8-11-22(29)15-21(16-26(19)30)28-25-17-24(25)18-5-2-1-3-6-18/h1-3,5-6,9-10,12-13,19,21,24-25,28H,4,7-8,11,14-17H2/t19?,21?,24-,25+/m0/s1. The van der Waals surface area contributed by atoms with Gasteiger partial charge in [0.25, 0.3) is 0 Å². The number of halogens is 1. The summed E-state index contributed by atoms with van der Waals surface area (Å²) in [5.41, 5.74) is 1.34. The zero-order valence-electron chi connectivity index (χ0n) is 17.8. The van der Waals surface area contributed by atoms with E-state index in [4.69, 9.17) is 4.74 Å². The quantitative estimate of drug-likeness (QED) is 0.507. The summed E-state index contributed by atoms with van der Waals surface area (Å²) in [4.78, 5) is 25.4. The van der Waals surface area contributed by atoms with Gasteiger partial charge >= 0.3 is 0 Å². The summed E-state index contributed by atoms with van der Waals surface area (Å²) in [6, 6.07) is 18.6. The summed E-state index contributed by atoms with van der Waals surface area (Å²) >= 11 is 3.42. The zero-order valence-corrected chi connectivity index (χ0v) is 19.4. The number of benzene rings is 2. The molecule has 2 aliphatic carbocycles. The molecule has 2 saturated carbocycles. The number of ketones is 2. The second-order valence-corrected chi connectivity index (χ2v) is 9.73. The number of ether oxygens (including phenoxy) is 1. The van der Waals surface area contributed by atoms with Gasteiger partial charge in [-0.2, -0.15) is 0 Å². The highest BCUT2D eigenvalue weighted by Gasteiger charge is 2.40. The predicted molar refractivity (Wildman–Crippen MR) is 125 cm³/mol. The topological polar surface area (TPSA) is 55.4 Å². The minimum Gasteiger partial charge on any atom is -0.494 e. The molecule has 4 atom stereocenters. The number of carbonyl (C=O) groups is 2. The molecule has 0 saturated heterocycles. The molecule has 0 heterocycles. The van der Waals surface area contributed by atoms with Gasteiger partial charge in [0.2, 0.25) is 0 Å². The SMILES string of the molecule is O=C1CCC(CCCOc2ccc(Br)cc2)C(=O)CC(N[C@@H]2C[C@H]2c2ccccc2)C1. The van der Waals surface area contributed by atoms with Crippen LogP contribution in [0, 0.1) is 5.92 Å². The molecule has 0 aliphatic heterocycles.